The number of methoxy groups -OCH3 is 2. The van der Waals surface area contributed by atoms with Gasteiger partial charge in [0, 0.05) is 0 Å². The van der Waals surface area contributed by atoms with Crippen LogP contribution in [0.5, 0.6) is 0 Å². The fraction of sp³-hybridized carbons (Fsp3) is 0.636. The van der Waals surface area contributed by atoms with Crippen molar-refractivity contribution in [3.05, 3.63) is 0 Å². The molecule has 0 aromatic heterocycles. The molecule has 0 aromatic carbocycles. The van der Waals surface area contributed by atoms with Crippen molar-refractivity contribution >= 4 is 23.9 Å². The molecule has 0 saturated carbocycles. The molecule has 0 radical (unpaired) electrons. The minimum absolute atomic E-state index is 0.580. The molecular weight excluding hydrogens is 288 g/mol. The number of aliphatic carboxylic acids is 1. The van der Waals surface area contributed by atoms with Gasteiger partial charge in [-0.25, -0.2) is 9.59 Å². The fourth-order valence-corrected chi connectivity index (χ4v) is 1.25. The third-order valence-corrected chi connectivity index (χ3v) is 2.41. The maximum atomic E-state index is 11.9. The van der Waals surface area contributed by atoms with E-state index in [1.807, 2.05) is 5.32 Å². The van der Waals surface area contributed by atoms with Gasteiger partial charge >= 0.3 is 23.9 Å². The zero-order valence-corrected chi connectivity index (χ0v) is 11.9. The molecule has 0 aromatic rings. The van der Waals surface area contributed by atoms with Gasteiger partial charge in [0.15, 0.2) is 6.04 Å². The number of urea groups is 1. The molecule has 0 fully saturated rings. The molecule has 2 amide bonds. The summed E-state index contributed by atoms with van der Waals surface area (Å²) in [6.45, 7) is 0.0111. The summed E-state index contributed by atoms with van der Waals surface area (Å²) in [6, 6.07) is -2.62. The molecule has 0 aliphatic heterocycles. The topological polar surface area (TPSA) is 142 Å². The highest BCUT2D eigenvalue weighted by Crippen LogP contribution is 1.98. The number of carboxylic acids is 1. The summed E-state index contributed by atoms with van der Waals surface area (Å²) in [4.78, 5) is 45.9. The lowest BCUT2D eigenvalue weighted by atomic mass is 10.2. The van der Waals surface area contributed by atoms with E-state index >= 15 is 0 Å². The van der Waals surface area contributed by atoms with Crippen LogP contribution >= 0.6 is 0 Å². The molecule has 120 valence electrons. The number of carbonyl (C=O) groups is 4. The number of carbonyl (C=O) groups excluding carboxylic acids is 3. The van der Waals surface area contributed by atoms with Crippen LogP contribution in [0.15, 0.2) is 0 Å². The number of carboxylic acid groups (broad SMARTS) is 1. The molecule has 0 unspecified atom stereocenters. The van der Waals surface area contributed by atoms with E-state index in [0.717, 1.165) is 14.2 Å². The van der Waals surface area contributed by atoms with Gasteiger partial charge in [-0.2, -0.15) is 0 Å². The normalized spacial score (nSPS) is 12.8. The average molecular weight is 306 g/mol. The SMILES string of the molecule is COC(=O)CN(CC(=O)OC)C(=O)N[C@H](C(=O)O)[C@@H](C)O. The number of esters is 2. The number of amides is 2. The molecule has 0 saturated heterocycles. The molecular formula is C11H18N2O8. The Labute approximate surface area is 120 Å². The first-order valence-electron chi connectivity index (χ1n) is 5.82. The van der Waals surface area contributed by atoms with Gasteiger partial charge in [0.1, 0.15) is 13.1 Å². The summed E-state index contributed by atoms with van der Waals surface area (Å²) in [5, 5.41) is 20.1. The van der Waals surface area contributed by atoms with Gasteiger partial charge in [-0.1, -0.05) is 0 Å². The number of aliphatic hydroxyl groups excluding tert-OH is 1. The van der Waals surface area contributed by atoms with Gasteiger partial charge in [-0.3, -0.25) is 9.59 Å². The van der Waals surface area contributed by atoms with E-state index in [2.05, 4.69) is 9.47 Å². The third-order valence-electron chi connectivity index (χ3n) is 2.41. The zero-order valence-electron chi connectivity index (χ0n) is 11.9. The van der Waals surface area contributed by atoms with Crippen LogP contribution in [0.1, 0.15) is 6.92 Å². The molecule has 3 N–H and O–H groups in total. The van der Waals surface area contributed by atoms with Crippen molar-refractivity contribution in [3.63, 3.8) is 0 Å². The summed E-state index contributed by atoms with van der Waals surface area (Å²) in [5.41, 5.74) is 0. The Morgan fingerprint density at radius 1 is 1.10 bits per heavy atom. The number of hydrogen-bond donors (Lipinski definition) is 3. The smallest absolute Gasteiger partial charge is 0.328 e. The van der Waals surface area contributed by atoms with Gasteiger partial charge < -0.3 is 29.9 Å². The first-order chi connectivity index (χ1) is 9.72. The Morgan fingerprint density at radius 2 is 1.52 bits per heavy atom. The van der Waals surface area contributed by atoms with Crippen LogP contribution in [0.25, 0.3) is 0 Å². The molecule has 0 bridgehead atoms. The second-order valence-electron chi connectivity index (χ2n) is 4.01. The minimum Gasteiger partial charge on any atom is -0.480 e. The zero-order chi connectivity index (χ0) is 16.6. The predicted octanol–water partition coefficient (Wildman–Crippen LogP) is -1.82. The Hall–Kier alpha value is -2.36. The Kier molecular flexibility index (Phi) is 7.76. The molecule has 10 heteroatoms. The van der Waals surface area contributed by atoms with Crippen LogP contribution in [0.4, 0.5) is 4.79 Å². The second-order valence-corrected chi connectivity index (χ2v) is 4.01. The average Bonchev–Trinajstić information content (AvgIpc) is 2.42. The van der Waals surface area contributed by atoms with Crippen LogP contribution in [-0.2, 0) is 23.9 Å². The maximum absolute atomic E-state index is 11.9. The molecule has 0 heterocycles. The summed E-state index contributed by atoms with van der Waals surface area (Å²) < 4.78 is 8.74. The van der Waals surface area contributed by atoms with Crippen molar-refractivity contribution in [2.45, 2.75) is 19.1 Å². The van der Waals surface area contributed by atoms with Crippen molar-refractivity contribution in [1.82, 2.24) is 10.2 Å². The van der Waals surface area contributed by atoms with Crippen LogP contribution < -0.4 is 5.32 Å². The summed E-state index contributed by atoms with van der Waals surface area (Å²) in [7, 11) is 2.18. The second kappa shape index (κ2) is 8.74. The highest BCUT2D eigenvalue weighted by atomic mass is 16.5. The van der Waals surface area contributed by atoms with Crippen LogP contribution in [-0.4, -0.2) is 78.5 Å². The largest absolute Gasteiger partial charge is 0.480 e. The number of ether oxygens (including phenoxy) is 2. The van der Waals surface area contributed by atoms with E-state index in [0.29, 0.717) is 4.90 Å². The van der Waals surface area contributed by atoms with E-state index in [-0.39, 0.29) is 0 Å². The van der Waals surface area contributed by atoms with Gasteiger partial charge in [0.05, 0.1) is 20.3 Å². The molecule has 10 nitrogen and oxygen atoms in total. The molecule has 0 rings (SSSR count). The van der Waals surface area contributed by atoms with Gasteiger partial charge in [-0.15, -0.1) is 0 Å². The number of nitrogens with zero attached hydrogens (tertiary/aromatic N) is 1. The molecule has 0 spiro atoms. The summed E-state index contributed by atoms with van der Waals surface area (Å²) in [6.07, 6.45) is -1.37. The van der Waals surface area contributed by atoms with Crippen molar-refractivity contribution in [1.29, 1.82) is 0 Å². The predicted molar refractivity (Wildman–Crippen MR) is 67.2 cm³/mol. The van der Waals surface area contributed by atoms with Crippen LogP contribution in [0.2, 0.25) is 0 Å². The monoisotopic (exact) mass is 306 g/mol. The van der Waals surface area contributed by atoms with Gasteiger partial charge in [0.2, 0.25) is 0 Å². The molecule has 21 heavy (non-hydrogen) atoms. The highest BCUT2D eigenvalue weighted by Gasteiger charge is 2.29. The van der Waals surface area contributed by atoms with E-state index in [1.54, 1.807) is 0 Å². The molecule has 0 aliphatic rings. The number of aliphatic hydroxyl groups is 1. The van der Waals surface area contributed by atoms with E-state index < -0.39 is 49.2 Å². The lowest BCUT2D eigenvalue weighted by Crippen LogP contribution is -2.54. The quantitative estimate of drug-likeness (QED) is 0.466. The summed E-state index contributed by atoms with van der Waals surface area (Å²) in [5.74, 6) is -3.08. The van der Waals surface area contributed by atoms with Gasteiger partial charge in [0.25, 0.3) is 0 Å². The van der Waals surface area contributed by atoms with E-state index in [1.165, 1.54) is 6.92 Å². The highest BCUT2D eigenvalue weighted by molar-refractivity contribution is 5.88. The number of rotatable bonds is 7. The first-order valence-corrected chi connectivity index (χ1v) is 5.82. The Balaban J connectivity index is 4.95. The van der Waals surface area contributed by atoms with Crippen molar-refractivity contribution < 1.29 is 38.9 Å². The number of hydrogen-bond acceptors (Lipinski definition) is 7. The van der Waals surface area contributed by atoms with Crippen LogP contribution in [0.3, 0.4) is 0 Å². The van der Waals surface area contributed by atoms with Crippen molar-refractivity contribution in [3.8, 4) is 0 Å². The standard InChI is InChI=1S/C11H18N2O8/c1-6(14)9(10(17)18)12-11(19)13(4-7(15)20-2)5-8(16)21-3/h6,9,14H,4-5H2,1-3H3,(H,12,19)(H,17,18)/t6-,9+/m1/s1. The Morgan fingerprint density at radius 3 is 1.81 bits per heavy atom. The lowest BCUT2D eigenvalue weighted by molar-refractivity contribution is -0.144. The Bertz CT molecular complexity index is 391. The first kappa shape index (κ1) is 18.6. The van der Waals surface area contributed by atoms with Crippen LogP contribution in [0, 0.1) is 0 Å². The lowest BCUT2D eigenvalue weighted by Gasteiger charge is -2.24. The van der Waals surface area contributed by atoms with Crippen molar-refractivity contribution in [2.75, 3.05) is 27.3 Å². The van der Waals surface area contributed by atoms with Gasteiger partial charge in [-0.05, 0) is 6.92 Å². The van der Waals surface area contributed by atoms with Crippen molar-refractivity contribution in [2.24, 2.45) is 0 Å². The fourth-order valence-electron chi connectivity index (χ4n) is 1.25. The maximum Gasteiger partial charge on any atom is 0.328 e. The summed E-state index contributed by atoms with van der Waals surface area (Å²) >= 11 is 0. The number of nitrogens with one attached hydrogen (secondary N) is 1. The van der Waals surface area contributed by atoms with E-state index in [9.17, 15) is 24.3 Å². The molecule has 2 atom stereocenters. The molecule has 0 aliphatic carbocycles. The minimum atomic E-state index is -1.59. The third kappa shape index (κ3) is 6.56. The van der Waals surface area contributed by atoms with E-state index in [4.69, 9.17) is 5.11 Å².